The topological polar surface area (TPSA) is 33.2 Å². The van der Waals surface area contributed by atoms with E-state index in [1.165, 1.54) is 23.0 Å². The second-order valence-corrected chi connectivity index (χ2v) is 6.65. The summed E-state index contributed by atoms with van der Waals surface area (Å²) in [4.78, 5) is 18.9. The van der Waals surface area contributed by atoms with Crippen LogP contribution < -0.4 is 0 Å². The van der Waals surface area contributed by atoms with Gasteiger partial charge < -0.3 is 4.90 Å². The van der Waals surface area contributed by atoms with Crippen LogP contribution in [0.25, 0.3) is 10.6 Å². The molecule has 0 saturated carbocycles. The fourth-order valence-corrected chi connectivity index (χ4v) is 3.45. The normalized spacial score (nSPS) is 10.5. The van der Waals surface area contributed by atoms with Crippen LogP contribution in [0, 0.1) is 5.82 Å². The van der Waals surface area contributed by atoms with Crippen molar-refractivity contribution in [2.75, 3.05) is 13.1 Å². The van der Waals surface area contributed by atoms with Crippen LogP contribution in [0.4, 0.5) is 4.39 Å². The molecule has 3 aromatic rings. The number of carbonyl (C=O) groups excluding carboxylic acids is 1. The maximum atomic E-state index is 13.9. The minimum Gasteiger partial charge on any atom is -0.333 e. The van der Waals surface area contributed by atoms with Crippen molar-refractivity contribution in [1.29, 1.82) is 0 Å². The van der Waals surface area contributed by atoms with Crippen LogP contribution in [0.5, 0.6) is 0 Å². The van der Waals surface area contributed by atoms with Gasteiger partial charge in [0.15, 0.2) is 0 Å². The van der Waals surface area contributed by atoms with Crippen molar-refractivity contribution in [1.82, 2.24) is 9.88 Å². The third-order valence-corrected chi connectivity index (χ3v) is 4.85. The summed E-state index contributed by atoms with van der Waals surface area (Å²) < 4.78 is 13.9. The number of hydrogen-bond donors (Lipinski definition) is 0. The van der Waals surface area contributed by atoms with Crippen LogP contribution in [-0.4, -0.2) is 28.9 Å². The Balaban J connectivity index is 1.75. The summed E-state index contributed by atoms with van der Waals surface area (Å²) >= 11 is 1.27. The van der Waals surface area contributed by atoms with E-state index in [9.17, 15) is 9.18 Å². The van der Waals surface area contributed by atoms with E-state index in [4.69, 9.17) is 0 Å². The predicted octanol–water partition coefficient (Wildman–Crippen LogP) is 4.82. The van der Waals surface area contributed by atoms with Crippen molar-refractivity contribution in [2.24, 2.45) is 0 Å². The van der Waals surface area contributed by atoms with Crippen LogP contribution in [0.3, 0.4) is 0 Å². The zero-order valence-electron chi connectivity index (χ0n) is 14.3. The van der Waals surface area contributed by atoms with Crippen LogP contribution >= 0.6 is 11.3 Å². The zero-order valence-corrected chi connectivity index (χ0v) is 15.1. The maximum absolute atomic E-state index is 13.9. The maximum Gasteiger partial charge on any atom is 0.273 e. The van der Waals surface area contributed by atoms with E-state index in [2.05, 4.69) is 11.6 Å². The molecule has 0 aliphatic carbocycles. The number of amides is 1. The SMILES string of the molecule is C=CCN(CCc1ccccc1)C(=O)c1csc(-c2ccccc2F)n1. The van der Waals surface area contributed by atoms with Gasteiger partial charge in [-0.3, -0.25) is 4.79 Å². The van der Waals surface area contributed by atoms with Crippen LogP contribution in [0.2, 0.25) is 0 Å². The Morgan fingerprint density at radius 3 is 2.62 bits per heavy atom. The molecule has 0 unspecified atom stereocenters. The molecule has 0 atom stereocenters. The lowest BCUT2D eigenvalue weighted by molar-refractivity contribution is 0.0770. The largest absolute Gasteiger partial charge is 0.333 e. The van der Waals surface area contributed by atoms with Gasteiger partial charge in [-0.1, -0.05) is 48.5 Å². The highest BCUT2D eigenvalue weighted by Crippen LogP contribution is 2.26. The number of nitrogens with zero attached hydrogens (tertiary/aromatic N) is 2. The van der Waals surface area contributed by atoms with E-state index in [1.54, 1.807) is 34.6 Å². The van der Waals surface area contributed by atoms with Crippen LogP contribution in [0.15, 0.2) is 72.6 Å². The monoisotopic (exact) mass is 366 g/mol. The van der Waals surface area contributed by atoms with E-state index >= 15 is 0 Å². The quantitative estimate of drug-likeness (QED) is 0.562. The lowest BCUT2D eigenvalue weighted by Gasteiger charge is -2.20. The van der Waals surface area contributed by atoms with Crippen molar-refractivity contribution in [3.63, 3.8) is 0 Å². The Labute approximate surface area is 156 Å². The highest BCUT2D eigenvalue weighted by Gasteiger charge is 2.19. The lowest BCUT2D eigenvalue weighted by Crippen LogP contribution is -2.33. The van der Waals surface area contributed by atoms with E-state index in [0.29, 0.717) is 29.4 Å². The first-order valence-electron chi connectivity index (χ1n) is 8.33. The van der Waals surface area contributed by atoms with Crippen molar-refractivity contribution in [3.8, 4) is 10.6 Å². The second kappa shape index (κ2) is 8.54. The molecule has 26 heavy (non-hydrogen) atoms. The molecule has 2 aromatic carbocycles. The lowest BCUT2D eigenvalue weighted by atomic mass is 10.1. The molecule has 1 amide bonds. The van der Waals surface area contributed by atoms with Gasteiger partial charge in [-0.25, -0.2) is 9.37 Å². The summed E-state index contributed by atoms with van der Waals surface area (Å²) in [6.07, 6.45) is 2.46. The van der Waals surface area contributed by atoms with E-state index in [0.717, 1.165) is 6.42 Å². The third kappa shape index (κ3) is 4.24. The molecule has 0 saturated heterocycles. The molecular formula is C21H19FN2OS. The molecule has 0 aliphatic rings. The summed E-state index contributed by atoms with van der Waals surface area (Å²) in [6.45, 7) is 4.75. The Hall–Kier alpha value is -2.79. The van der Waals surface area contributed by atoms with Gasteiger partial charge in [0.25, 0.3) is 5.91 Å². The summed E-state index contributed by atoms with van der Waals surface area (Å²) in [5, 5.41) is 2.19. The second-order valence-electron chi connectivity index (χ2n) is 5.79. The average Bonchev–Trinajstić information content (AvgIpc) is 3.15. The average molecular weight is 366 g/mol. The molecule has 3 nitrogen and oxygen atoms in total. The molecule has 1 heterocycles. The first kappa shape index (κ1) is 18.0. The zero-order chi connectivity index (χ0) is 18.4. The molecule has 0 bridgehead atoms. The molecule has 0 N–H and O–H groups in total. The number of rotatable bonds is 7. The molecular weight excluding hydrogens is 347 g/mol. The Bertz CT molecular complexity index is 892. The Morgan fingerprint density at radius 2 is 1.88 bits per heavy atom. The summed E-state index contributed by atoms with van der Waals surface area (Å²) in [5.74, 6) is -0.507. The summed E-state index contributed by atoms with van der Waals surface area (Å²) in [5.41, 5.74) is 1.92. The van der Waals surface area contributed by atoms with Crippen molar-refractivity contribution in [2.45, 2.75) is 6.42 Å². The Kier molecular flexibility index (Phi) is 5.92. The van der Waals surface area contributed by atoms with Gasteiger partial charge in [-0.05, 0) is 24.1 Å². The number of thiazole rings is 1. The van der Waals surface area contributed by atoms with Crippen LogP contribution in [-0.2, 0) is 6.42 Å². The standard InChI is InChI=1S/C21H19FN2OS/c1-2-13-24(14-12-16-8-4-3-5-9-16)21(25)19-15-26-20(23-19)17-10-6-7-11-18(17)22/h2-11,15H,1,12-14H2. The molecule has 5 heteroatoms. The van der Waals surface area contributed by atoms with Gasteiger partial charge in [0.1, 0.15) is 16.5 Å². The molecule has 132 valence electrons. The highest BCUT2D eigenvalue weighted by atomic mass is 32.1. The van der Waals surface area contributed by atoms with Gasteiger partial charge in [-0.15, -0.1) is 17.9 Å². The molecule has 0 aliphatic heterocycles. The van der Waals surface area contributed by atoms with Gasteiger partial charge in [-0.2, -0.15) is 0 Å². The molecule has 0 radical (unpaired) electrons. The van der Waals surface area contributed by atoms with Gasteiger partial charge in [0.05, 0.1) is 0 Å². The first-order chi connectivity index (χ1) is 12.7. The Morgan fingerprint density at radius 1 is 1.15 bits per heavy atom. The minimum atomic E-state index is -0.340. The number of carbonyl (C=O) groups is 1. The predicted molar refractivity (Wildman–Crippen MR) is 104 cm³/mol. The molecule has 0 spiro atoms. The first-order valence-corrected chi connectivity index (χ1v) is 9.21. The summed E-state index contributed by atoms with van der Waals surface area (Å²) in [7, 11) is 0. The molecule has 3 rings (SSSR count). The summed E-state index contributed by atoms with van der Waals surface area (Å²) in [6, 6.07) is 16.5. The third-order valence-electron chi connectivity index (χ3n) is 3.98. The van der Waals surface area contributed by atoms with Crippen LogP contribution in [0.1, 0.15) is 16.1 Å². The van der Waals surface area contributed by atoms with Crippen molar-refractivity contribution < 1.29 is 9.18 Å². The van der Waals surface area contributed by atoms with Crippen molar-refractivity contribution in [3.05, 3.63) is 89.7 Å². The van der Waals surface area contributed by atoms with E-state index in [-0.39, 0.29) is 11.7 Å². The smallest absolute Gasteiger partial charge is 0.273 e. The van der Waals surface area contributed by atoms with Gasteiger partial charge in [0, 0.05) is 24.0 Å². The van der Waals surface area contributed by atoms with Gasteiger partial charge >= 0.3 is 0 Å². The number of hydrogen-bond acceptors (Lipinski definition) is 3. The number of benzene rings is 2. The fourth-order valence-electron chi connectivity index (χ4n) is 2.63. The number of halogens is 1. The van der Waals surface area contributed by atoms with E-state index < -0.39 is 0 Å². The van der Waals surface area contributed by atoms with Crippen molar-refractivity contribution >= 4 is 17.2 Å². The highest BCUT2D eigenvalue weighted by molar-refractivity contribution is 7.13. The minimum absolute atomic E-state index is 0.167. The molecule has 1 aromatic heterocycles. The van der Waals surface area contributed by atoms with Gasteiger partial charge in [0.2, 0.25) is 0 Å². The molecule has 0 fully saturated rings. The van der Waals surface area contributed by atoms with E-state index in [1.807, 2.05) is 30.3 Å². The number of aromatic nitrogens is 1. The fraction of sp³-hybridized carbons (Fsp3) is 0.143.